The van der Waals surface area contributed by atoms with E-state index in [1.165, 1.54) is 49.8 Å². The summed E-state index contributed by atoms with van der Waals surface area (Å²) in [5.41, 5.74) is 16.8. The number of anilines is 6. The van der Waals surface area contributed by atoms with Gasteiger partial charge >= 0.3 is 0 Å². The molecule has 8 aromatic carbocycles. The van der Waals surface area contributed by atoms with Crippen LogP contribution in [0.3, 0.4) is 0 Å². The molecule has 0 radical (unpaired) electrons. The molecule has 264 valence electrons. The molecule has 0 aromatic heterocycles. The van der Waals surface area contributed by atoms with Crippen LogP contribution < -0.4 is 14.5 Å². The summed E-state index contributed by atoms with van der Waals surface area (Å²) in [7, 11) is 0. The van der Waals surface area contributed by atoms with E-state index in [0.29, 0.717) is 0 Å². The van der Waals surface area contributed by atoms with Gasteiger partial charge < -0.3 is 14.5 Å². The van der Waals surface area contributed by atoms with Crippen molar-refractivity contribution in [1.82, 2.24) is 0 Å². The summed E-state index contributed by atoms with van der Waals surface area (Å²) >= 11 is 0. The van der Waals surface area contributed by atoms with Crippen LogP contribution in [-0.4, -0.2) is 0 Å². The van der Waals surface area contributed by atoms with E-state index in [1.807, 2.05) is 0 Å². The van der Waals surface area contributed by atoms with Gasteiger partial charge in [-0.25, -0.2) is 0 Å². The summed E-state index contributed by atoms with van der Waals surface area (Å²) in [5.74, 6) is 1.76. The maximum Gasteiger partial charge on any atom is 0.152 e. The van der Waals surface area contributed by atoms with Gasteiger partial charge in [0.15, 0.2) is 11.5 Å². The van der Waals surface area contributed by atoms with E-state index < -0.39 is 0 Å². The van der Waals surface area contributed by atoms with Crippen molar-refractivity contribution in [1.29, 1.82) is 0 Å². The van der Waals surface area contributed by atoms with Gasteiger partial charge in [0.1, 0.15) is 0 Å². The Balaban J connectivity index is 1.04. The van der Waals surface area contributed by atoms with Gasteiger partial charge in [0.2, 0.25) is 0 Å². The molecule has 0 saturated carbocycles. The van der Waals surface area contributed by atoms with Crippen LogP contribution in [0.5, 0.6) is 11.5 Å². The quantitative estimate of drug-likeness (QED) is 0.181. The maximum absolute atomic E-state index is 6.91. The molecule has 3 nitrogen and oxygen atoms in total. The number of benzene rings is 8. The van der Waals surface area contributed by atoms with Crippen LogP contribution in [0.2, 0.25) is 0 Å². The number of hydrogen-bond donors (Lipinski definition) is 0. The second-order valence-corrected chi connectivity index (χ2v) is 16.2. The molecular weight excluding hydrogens is 669 g/mol. The van der Waals surface area contributed by atoms with E-state index >= 15 is 0 Å². The highest BCUT2D eigenvalue weighted by molar-refractivity contribution is 6.06. The molecule has 1 aliphatic carbocycles. The summed E-state index contributed by atoms with van der Waals surface area (Å²) in [5, 5.41) is 2.39. The van der Waals surface area contributed by atoms with Gasteiger partial charge in [-0.1, -0.05) is 137 Å². The van der Waals surface area contributed by atoms with Crippen LogP contribution in [0.4, 0.5) is 34.1 Å². The van der Waals surface area contributed by atoms with E-state index in [9.17, 15) is 0 Å². The van der Waals surface area contributed by atoms with Crippen molar-refractivity contribution >= 4 is 44.9 Å². The highest BCUT2D eigenvalue weighted by Gasteiger charge is 2.42. The smallest absolute Gasteiger partial charge is 0.152 e. The lowest BCUT2D eigenvalue weighted by Gasteiger charge is -2.45. The zero-order valence-electron chi connectivity index (χ0n) is 31.5. The van der Waals surface area contributed by atoms with Gasteiger partial charge in [-0.2, -0.15) is 0 Å². The first-order valence-electron chi connectivity index (χ1n) is 19.3. The second-order valence-electron chi connectivity index (χ2n) is 16.2. The van der Waals surface area contributed by atoms with Crippen molar-refractivity contribution < 1.29 is 4.74 Å². The van der Waals surface area contributed by atoms with Gasteiger partial charge in [-0.3, -0.25) is 0 Å². The normalized spacial score (nSPS) is 14.9. The molecule has 0 unspecified atom stereocenters. The topological polar surface area (TPSA) is 15.7 Å². The molecule has 8 aromatic rings. The summed E-state index contributed by atoms with van der Waals surface area (Å²) in [6, 6.07) is 62.0. The maximum atomic E-state index is 6.91. The first-order valence-corrected chi connectivity index (χ1v) is 19.3. The third-order valence-corrected chi connectivity index (χ3v) is 12.4. The third kappa shape index (κ3) is 4.56. The fourth-order valence-corrected chi connectivity index (χ4v) is 9.58. The van der Waals surface area contributed by atoms with Crippen molar-refractivity contribution in [3.63, 3.8) is 0 Å². The molecular formula is C52H40N2O. The molecule has 0 N–H and O–H groups in total. The molecule has 2 aliphatic heterocycles. The van der Waals surface area contributed by atoms with Crippen LogP contribution in [0.1, 0.15) is 49.9 Å². The summed E-state index contributed by atoms with van der Waals surface area (Å²) in [6.45, 7) is 9.38. The summed E-state index contributed by atoms with van der Waals surface area (Å²) in [4.78, 5) is 4.83. The molecule has 0 bridgehead atoms. The Morgan fingerprint density at radius 3 is 1.93 bits per heavy atom. The molecule has 3 heteroatoms. The lowest BCUT2D eigenvalue weighted by Crippen LogP contribution is -2.32. The van der Waals surface area contributed by atoms with Crippen LogP contribution in [0.15, 0.2) is 170 Å². The van der Waals surface area contributed by atoms with Crippen LogP contribution in [-0.2, 0) is 10.8 Å². The Hall–Kier alpha value is -6.58. The van der Waals surface area contributed by atoms with Crippen molar-refractivity contribution in [2.75, 3.05) is 9.80 Å². The highest BCUT2D eigenvalue weighted by Crippen LogP contribution is 2.62. The predicted molar refractivity (Wildman–Crippen MR) is 229 cm³/mol. The number of hydrogen-bond acceptors (Lipinski definition) is 3. The van der Waals surface area contributed by atoms with Crippen LogP contribution >= 0.6 is 0 Å². The van der Waals surface area contributed by atoms with E-state index in [-0.39, 0.29) is 10.8 Å². The van der Waals surface area contributed by atoms with E-state index in [0.717, 1.165) is 51.1 Å². The summed E-state index contributed by atoms with van der Waals surface area (Å²) in [6.07, 6.45) is 0. The Labute approximate surface area is 322 Å². The first kappa shape index (κ1) is 31.9. The zero-order valence-corrected chi connectivity index (χ0v) is 31.5. The molecule has 0 fully saturated rings. The van der Waals surface area contributed by atoms with E-state index in [4.69, 9.17) is 4.74 Å². The lowest BCUT2D eigenvalue weighted by atomic mass is 9.72. The Morgan fingerprint density at radius 2 is 1.09 bits per heavy atom. The van der Waals surface area contributed by atoms with E-state index in [2.05, 4.69) is 207 Å². The van der Waals surface area contributed by atoms with Crippen LogP contribution in [0, 0.1) is 0 Å². The molecule has 0 amide bonds. The molecule has 0 spiro atoms. The molecule has 11 rings (SSSR count). The number of ether oxygens (including phenoxy) is 1. The number of fused-ring (bicyclic) bond motifs is 9. The predicted octanol–water partition coefficient (Wildman–Crippen LogP) is 14.5. The number of nitrogens with zero attached hydrogens (tertiary/aromatic N) is 2. The Bertz CT molecular complexity index is 2850. The molecule has 3 aliphatic rings. The summed E-state index contributed by atoms with van der Waals surface area (Å²) < 4.78 is 6.91. The average Bonchev–Trinajstić information content (AvgIpc) is 3.45. The highest BCUT2D eigenvalue weighted by atomic mass is 16.5. The minimum absolute atomic E-state index is 0.0829. The van der Waals surface area contributed by atoms with Crippen molar-refractivity contribution in [3.8, 4) is 33.8 Å². The van der Waals surface area contributed by atoms with Gasteiger partial charge in [0.05, 0.1) is 17.1 Å². The van der Waals surface area contributed by atoms with Gasteiger partial charge in [-0.15, -0.1) is 0 Å². The lowest BCUT2D eigenvalue weighted by molar-refractivity contribution is 0.472. The number of para-hydroxylation sites is 2. The van der Waals surface area contributed by atoms with Crippen molar-refractivity contribution in [2.45, 2.75) is 38.5 Å². The van der Waals surface area contributed by atoms with Crippen molar-refractivity contribution in [2.24, 2.45) is 0 Å². The SMILES string of the molecule is CC1(C)c2ccccc2-c2ccc(N(c3ccccc3)c3ccc(-c4cc5c6c(c4)C(C)(C)c4ccccc4N6c4c(ccc6ccccc46)O5)cc3)cc21. The fourth-order valence-electron chi connectivity index (χ4n) is 9.58. The molecule has 0 atom stereocenters. The number of rotatable bonds is 4. The largest absolute Gasteiger partial charge is 0.453 e. The third-order valence-electron chi connectivity index (χ3n) is 12.4. The standard InChI is InChI=1S/C52H40N2O/c1-51(2)42-19-11-10-18-40(42)41-28-27-38(32-44(41)51)53(36-15-6-5-7-16-36)37-25-22-33(23-26-37)35-30-45-50-48(31-35)55-47-29-24-34-14-8-9-17-39(34)49(47)54(50)46-21-13-12-20-43(46)52(45,3)4/h5-32H,1-4H3. The fraction of sp³-hybridized carbons (Fsp3) is 0.115. The van der Waals surface area contributed by atoms with Crippen molar-refractivity contribution in [3.05, 3.63) is 192 Å². The van der Waals surface area contributed by atoms with Crippen LogP contribution in [0.25, 0.3) is 33.0 Å². The van der Waals surface area contributed by atoms with E-state index in [1.54, 1.807) is 0 Å². The minimum Gasteiger partial charge on any atom is -0.453 e. The zero-order chi connectivity index (χ0) is 37.1. The minimum atomic E-state index is -0.246. The van der Waals surface area contributed by atoms with Gasteiger partial charge in [-0.05, 0) is 111 Å². The average molecular weight is 709 g/mol. The monoisotopic (exact) mass is 708 g/mol. The molecule has 2 heterocycles. The first-order chi connectivity index (χ1) is 26.8. The second kappa shape index (κ2) is 11.5. The molecule has 0 saturated heterocycles. The van der Waals surface area contributed by atoms with Gasteiger partial charge in [0, 0.05) is 33.3 Å². The molecule has 55 heavy (non-hydrogen) atoms. The Morgan fingerprint density at radius 1 is 0.436 bits per heavy atom. The van der Waals surface area contributed by atoms with Gasteiger partial charge in [0.25, 0.3) is 0 Å². The Kier molecular flexibility index (Phi) is 6.65.